The van der Waals surface area contributed by atoms with Crippen LogP contribution in [0, 0.1) is 23.2 Å². The first-order chi connectivity index (χ1) is 6.20. The second-order valence-electron chi connectivity index (χ2n) is 5.33. The molecule has 4 atom stereocenters. The molecule has 1 spiro atoms. The van der Waals surface area contributed by atoms with Crippen molar-refractivity contribution in [3.8, 4) is 0 Å². The molecule has 2 nitrogen and oxygen atoms in total. The van der Waals surface area contributed by atoms with Gasteiger partial charge in [0, 0.05) is 5.41 Å². The van der Waals surface area contributed by atoms with Gasteiger partial charge in [0.15, 0.2) is 0 Å². The Kier molecular flexibility index (Phi) is 1.38. The zero-order valence-electron chi connectivity index (χ0n) is 8.08. The summed E-state index contributed by atoms with van der Waals surface area (Å²) in [4.78, 5) is 11.2. The minimum Gasteiger partial charge on any atom is -0.465 e. The molecule has 13 heavy (non-hydrogen) atoms. The monoisotopic (exact) mass is 180 g/mol. The van der Waals surface area contributed by atoms with Crippen LogP contribution in [0.15, 0.2) is 0 Å². The zero-order chi connectivity index (χ0) is 9.05. The molecule has 3 unspecified atom stereocenters. The van der Waals surface area contributed by atoms with E-state index in [1.54, 1.807) is 0 Å². The lowest BCUT2D eigenvalue weighted by Gasteiger charge is -2.34. The van der Waals surface area contributed by atoms with E-state index in [-0.39, 0.29) is 11.4 Å². The second kappa shape index (κ2) is 2.28. The van der Waals surface area contributed by atoms with Crippen LogP contribution in [0.25, 0.3) is 0 Å². The van der Waals surface area contributed by atoms with Crippen LogP contribution in [0.2, 0.25) is 0 Å². The van der Waals surface area contributed by atoms with Crippen LogP contribution in [0.5, 0.6) is 0 Å². The minimum atomic E-state index is 0.0414. The van der Waals surface area contributed by atoms with E-state index in [1.165, 1.54) is 19.3 Å². The largest absolute Gasteiger partial charge is 0.465 e. The summed E-state index contributed by atoms with van der Waals surface area (Å²) in [5, 5.41) is 0. The fourth-order valence-corrected chi connectivity index (χ4v) is 4.11. The summed E-state index contributed by atoms with van der Waals surface area (Å²) in [6, 6.07) is 0. The van der Waals surface area contributed by atoms with Crippen LogP contribution in [0.1, 0.15) is 32.6 Å². The first kappa shape index (κ1) is 7.84. The van der Waals surface area contributed by atoms with Gasteiger partial charge in [0.1, 0.15) is 0 Å². The Morgan fingerprint density at radius 1 is 1.46 bits per heavy atom. The van der Waals surface area contributed by atoms with Crippen molar-refractivity contribution in [3.05, 3.63) is 0 Å². The number of fused-ring (bicyclic) bond motifs is 3. The van der Waals surface area contributed by atoms with Gasteiger partial charge in [-0.1, -0.05) is 6.92 Å². The van der Waals surface area contributed by atoms with Gasteiger partial charge in [0.25, 0.3) is 0 Å². The van der Waals surface area contributed by atoms with Crippen LogP contribution in [0.3, 0.4) is 0 Å². The lowest BCUT2D eigenvalue weighted by atomic mass is 9.68. The van der Waals surface area contributed by atoms with Crippen molar-refractivity contribution >= 4 is 5.97 Å². The Bertz CT molecular complexity index is 261. The first-order valence-electron chi connectivity index (χ1n) is 5.35. The van der Waals surface area contributed by atoms with Crippen molar-refractivity contribution in [2.75, 3.05) is 6.61 Å². The molecule has 1 heterocycles. The van der Waals surface area contributed by atoms with Crippen molar-refractivity contribution in [3.63, 3.8) is 0 Å². The molecule has 1 aliphatic heterocycles. The van der Waals surface area contributed by atoms with E-state index in [0.29, 0.717) is 6.42 Å². The Morgan fingerprint density at radius 3 is 2.85 bits per heavy atom. The summed E-state index contributed by atoms with van der Waals surface area (Å²) in [6.45, 7) is 3.06. The standard InChI is InChI=1S/C11H16O2/c1-7-2-8-3-9(7)11(4-8)5-10(12)13-6-11/h7-9H,2-6H2,1H3/t7?,8?,9-,11?/m0/s1. The maximum absolute atomic E-state index is 11.2. The summed E-state index contributed by atoms with van der Waals surface area (Å²) >= 11 is 0. The van der Waals surface area contributed by atoms with E-state index >= 15 is 0 Å². The average molecular weight is 180 g/mol. The number of hydrogen-bond acceptors (Lipinski definition) is 2. The third kappa shape index (κ3) is 0.918. The Morgan fingerprint density at radius 2 is 2.31 bits per heavy atom. The van der Waals surface area contributed by atoms with Gasteiger partial charge in [0.05, 0.1) is 13.0 Å². The molecule has 2 saturated carbocycles. The minimum absolute atomic E-state index is 0.0414. The lowest BCUT2D eigenvalue weighted by molar-refractivity contribution is -0.137. The topological polar surface area (TPSA) is 26.3 Å². The second-order valence-corrected chi connectivity index (χ2v) is 5.33. The van der Waals surface area contributed by atoms with E-state index in [1.807, 2.05) is 0 Å². The molecule has 2 heteroatoms. The van der Waals surface area contributed by atoms with Crippen molar-refractivity contribution < 1.29 is 9.53 Å². The number of ether oxygens (including phenoxy) is 1. The Hall–Kier alpha value is -0.530. The molecule has 2 bridgehead atoms. The number of hydrogen-bond donors (Lipinski definition) is 0. The number of esters is 1. The molecular formula is C11H16O2. The molecule has 3 aliphatic rings. The van der Waals surface area contributed by atoms with Gasteiger partial charge in [0.2, 0.25) is 0 Å². The van der Waals surface area contributed by atoms with Crippen LogP contribution >= 0.6 is 0 Å². The maximum atomic E-state index is 11.2. The fourth-order valence-electron chi connectivity index (χ4n) is 4.11. The highest BCUT2D eigenvalue weighted by Crippen LogP contribution is 2.61. The summed E-state index contributed by atoms with van der Waals surface area (Å²) in [7, 11) is 0. The third-order valence-electron chi connectivity index (χ3n) is 4.48. The summed E-state index contributed by atoms with van der Waals surface area (Å²) in [5.41, 5.74) is 0.277. The number of cyclic esters (lactones) is 1. The van der Waals surface area contributed by atoms with E-state index in [0.717, 1.165) is 24.4 Å². The molecule has 0 amide bonds. The highest BCUT2D eigenvalue weighted by Gasteiger charge is 2.57. The van der Waals surface area contributed by atoms with Gasteiger partial charge in [-0.2, -0.15) is 0 Å². The summed E-state index contributed by atoms with van der Waals surface area (Å²) in [6.07, 6.45) is 4.71. The molecule has 1 saturated heterocycles. The van der Waals surface area contributed by atoms with Crippen molar-refractivity contribution in [2.45, 2.75) is 32.6 Å². The number of carbonyl (C=O) groups is 1. The van der Waals surface area contributed by atoms with Crippen molar-refractivity contribution in [1.29, 1.82) is 0 Å². The van der Waals surface area contributed by atoms with E-state index in [9.17, 15) is 4.79 Å². The first-order valence-corrected chi connectivity index (χ1v) is 5.35. The van der Waals surface area contributed by atoms with Crippen LogP contribution < -0.4 is 0 Å². The third-order valence-corrected chi connectivity index (χ3v) is 4.48. The molecule has 0 N–H and O–H groups in total. The number of carbonyl (C=O) groups excluding carboxylic acids is 1. The van der Waals surface area contributed by atoms with E-state index in [4.69, 9.17) is 4.74 Å². The molecule has 72 valence electrons. The van der Waals surface area contributed by atoms with Gasteiger partial charge in [-0.15, -0.1) is 0 Å². The summed E-state index contributed by atoms with van der Waals surface area (Å²) in [5.74, 6) is 2.55. The van der Waals surface area contributed by atoms with Crippen molar-refractivity contribution in [2.24, 2.45) is 23.2 Å². The molecule has 0 aromatic carbocycles. The lowest BCUT2D eigenvalue weighted by Crippen LogP contribution is -2.32. The molecule has 0 aromatic heterocycles. The quantitative estimate of drug-likeness (QED) is 0.533. The Labute approximate surface area is 78.6 Å². The molecular weight excluding hydrogens is 164 g/mol. The average Bonchev–Trinajstić information content (AvgIpc) is 2.66. The SMILES string of the molecule is CC1CC2C[C@@H]1C1(COC(=O)C1)C2. The highest BCUT2D eigenvalue weighted by atomic mass is 16.5. The molecule has 3 rings (SSSR count). The smallest absolute Gasteiger partial charge is 0.306 e. The molecule has 0 radical (unpaired) electrons. The van der Waals surface area contributed by atoms with Gasteiger partial charge in [-0.05, 0) is 37.0 Å². The molecule has 3 fully saturated rings. The predicted molar refractivity (Wildman–Crippen MR) is 48.0 cm³/mol. The van der Waals surface area contributed by atoms with Crippen LogP contribution in [-0.2, 0) is 9.53 Å². The van der Waals surface area contributed by atoms with Gasteiger partial charge < -0.3 is 4.74 Å². The highest BCUT2D eigenvalue weighted by molar-refractivity contribution is 5.72. The zero-order valence-corrected chi connectivity index (χ0v) is 8.08. The van der Waals surface area contributed by atoms with Crippen molar-refractivity contribution in [1.82, 2.24) is 0 Å². The summed E-state index contributed by atoms with van der Waals surface area (Å²) < 4.78 is 5.15. The van der Waals surface area contributed by atoms with Crippen LogP contribution in [-0.4, -0.2) is 12.6 Å². The Balaban J connectivity index is 1.90. The van der Waals surface area contributed by atoms with Gasteiger partial charge >= 0.3 is 5.97 Å². The van der Waals surface area contributed by atoms with E-state index in [2.05, 4.69) is 6.92 Å². The van der Waals surface area contributed by atoms with E-state index < -0.39 is 0 Å². The molecule has 0 aromatic rings. The fraction of sp³-hybridized carbons (Fsp3) is 0.909. The maximum Gasteiger partial charge on any atom is 0.306 e. The van der Waals surface area contributed by atoms with Gasteiger partial charge in [-0.25, -0.2) is 0 Å². The normalized spacial score (nSPS) is 53.3. The predicted octanol–water partition coefficient (Wildman–Crippen LogP) is 1.99. The van der Waals surface area contributed by atoms with Crippen LogP contribution in [0.4, 0.5) is 0 Å². The molecule has 2 aliphatic carbocycles. The van der Waals surface area contributed by atoms with Gasteiger partial charge in [-0.3, -0.25) is 4.79 Å². The number of rotatable bonds is 0.